The molecule has 3 atom stereocenters. The third kappa shape index (κ3) is 2.61. The molecule has 3 unspecified atom stereocenters. The van der Waals surface area contributed by atoms with E-state index in [4.69, 9.17) is 5.11 Å². The van der Waals surface area contributed by atoms with Crippen LogP contribution in [0.5, 0.6) is 5.75 Å². The highest BCUT2D eigenvalue weighted by Crippen LogP contribution is 2.39. The summed E-state index contributed by atoms with van der Waals surface area (Å²) in [4.78, 5) is 22.4. The second-order valence-electron chi connectivity index (χ2n) is 4.61. The van der Waals surface area contributed by atoms with E-state index in [9.17, 15) is 14.7 Å². The molecule has 1 aliphatic rings. The van der Waals surface area contributed by atoms with E-state index in [0.29, 0.717) is 6.42 Å². The van der Waals surface area contributed by atoms with Crippen molar-refractivity contribution in [3.63, 3.8) is 0 Å². The van der Waals surface area contributed by atoms with Crippen molar-refractivity contribution >= 4 is 11.9 Å². The maximum atomic E-state index is 11.8. The number of carbonyl (C=O) groups excluding carboxylic acids is 1. The van der Waals surface area contributed by atoms with Crippen LogP contribution in [0.25, 0.3) is 0 Å². The molecule has 0 spiro atoms. The van der Waals surface area contributed by atoms with Crippen LogP contribution in [0.2, 0.25) is 0 Å². The van der Waals surface area contributed by atoms with Gasteiger partial charge in [-0.3, -0.25) is 9.59 Å². The minimum atomic E-state index is -0.917. The van der Waals surface area contributed by atoms with Gasteiger partial charge in [0.2, 0.25) is 5.91 Å². The van der Waals surface area contributed by atoms with Crippen molar-refractivity contribution < 1.29 is 19.8 Å². The number of nitrogens with one attached hydrogen (secondary N) is 1. The predicted molar refractivity (Wildman–Crippen MR) is 63.9 cm³/mol. The first-order valence-corrected chi connectivity index (χ1v) is 5.81. The summed E-state index contributed by atoms with van der Waals surface area (Å²) in [5.74, 6) is -1.97. The Morgan fingerprint density at radius 2 is 2.11 bits per heavy atom. The summed E-state index contributed by atoms with van der Waals surface area (Å²) in [6, 6.07) is 6.38. The molecule has 2 rings (SSSR count). The number of aromatic hydroxyl groups is 1. The van der Waals surface area contributed by atoms with Gasteiger partial charge in [-0.1, -0.05) is 12.1 Å². The van der Waals surface area contributed by atoms with Crippen LogP contribution in [0.1, 0.15) is 24.9 Å². The van der Waals surface area contributed by atoms with Crippen LogP contribution >= 0.6 is 0 Å². The fourth-order valence-electron chi connectivity index (χ4n) is 1.96. The van der Waals surface area contributed by atoms with Crippen molar-refractivity contribution in [2.45, 2.75) is 19.4 Å². The van der Waals surface area contributed by atoms with Crippen LogP contribution in [-0.2, 0) is 9.59 Å². The summed E-state index contributed by atoms with van der Waals surface area (Å²) in [6.07, 6.45) is 0.411. The molecule has 1 fully saturated rings. The van der Waals surface area contributed by atoms with E-state index in [0.717, 1.165) is 5.56 Å². The molecule has 0 radical (unpaired) electrons. The summed E-state index contributed by atoms with van der Waals surface area (Å²) in [7, 11) is 0. The van der Waals surface area contributed by atoms with E-state index in [2.05, 4.69) is 5.32 Å². The normalized spacial score (nSPS) is 23.2. The molecular weight excluding hydrogens is 234 g/mol. The van der Waals surface area contributed by atoms with Crippen LogP contribution in [0.4, 0.5) is 0 Å². The molecule has 1 saturated carbocycles. The number of carbonyl (C=O) groups is 2. The average molecular weight is 249 g/mol. The van der Waals surface area contributed by atoms with E-state index in [1.807, 2.05) is 0 Å². The molecule has 96 valence electrons. The van der Waals surface area contributed by atoms with Gasteiger partial charge in [0.1, 0.15) is 5.75 Å². The highest BCUT2D eigenvalue weighted by Gasteiger charge is 2.48. The summed E-state index contributed by atoms with van der Waals surface area (Å²) >= 11 is 0. The zero-order chi connectivity index (χ0) is 13.3. The molecule has 1 aromatic rings. The number of rotatable bonds is 4. The Morgan fingerprint density at radius 3 is 2.67 bits per heavy atom. The molecule has 0 aromatic heterocycles. The minimum Gasteiger partial charge on any atom is -0.508 e. The second kappa shape index (κ2) is 4.68. The molecule has 18 heavy (non-hydrogen) atoms. The van der Waals surface area contributed by atoms with E-state index < -0.39 is 17.8 Å². The van der Waals surface area contributed by atoms with Crippen LogP contribution in [-0.4, -0.2) is 22.1 Å². The van der Waals surface area contributed by atoms with Crippen LogP contribution in [0, 0.1) is 11.8 Å². The number of amides is 1. The second-order valence-corrected chi connectivity index (χ2v) is 4.61. The average Bonchev–Trinajstić information content (AvgIpc) is 3.08. The number of benzene rings is 1. The third-order valence-electron chi connectivity index (χ3n) is 3.17. The van der Waals surface area contributed by atoms with Crippen LogP contribution < -0.4 is 5.32 Å². The number of phenolic OH excluding ortho intramolecular Hbond substituents is 1. The van der Waals surface area contributed by atoms with Crippen LogP contribution in [0.3, 0.4) is 0 Å². The van der Waals surface area contributed by atoms with Crippen molar-refractivity contribution in [3.05, 3.63) is 29.8 Å². The summed E-state index contributed by atoms with van der Waals surface area (Å²) in [6.45, 7) is 1.80. The Hall–Kier alpha value is -2.04. The molecule has 1 aliphatic carbocycles. The Bertz CT molecular complexity index is 486. The van der Waals surface area contributed by atoms with Crippen molar-refractivity contribution in [2.75, 3.05) is 0 Å². The maximum absolute atomic E-state index is 11.8. The molecule has 0 bridgehead atoms. The molecular formula is C13H15NO4. The lowest BCUT2D eigenvalue weighted by atomic mass is 10.1. The Labute approximate surface area is 104 Å². The van der Waals surface area contributed by atoms with Crippen molar-refractivity contribution in [2.24, 2.45) is 11.8 Å². The van der Waals surface area contributed by atoms with Gasteiger partial charge < -0.3 is 15.5 Å². The number of aliphatic carboxylic acids is 1. The molecule has 0 heterocycles. The van der Waals surface area contributed by atoms with Gasteiger partial charge in [-0.2, -0.15) is 0 Å². The van der Waals surface area contributed by atoms with Gasteiger partial charge in [-0.15, -0.1) is 0 Å². The van der Waals surface area contributed by atoms with Crippen molar-refractivity contribution in [1.82, 2.24) is 5.32 Å². The van der Waals surface area contributed by atoms with Crippen molar-refractivity contribution in [1.29, 1.82) is 0 Å². The Balaban J connectivity index is 1.94. The standard InChI is InChI=1S/C13H15NO4/c1-7(8-3-2-4-9(15)5-8)14-12(16)10-6-11(10)13(17)18/h2-5,7,10-11,15H,6H2,1H3,(H,14,16)(H,17,18). The zero-order valence-electron chi connectivity index (χ0n) is 9.96. The van der Waals surface area contributed by atoms with E-state index in [-0.39, 0.29) is 17.7 Å². The molecule has 0 saturated heterocycles. The SMILES string of the molecule is CC(NC(=O)C1CC1C(=O)O)c1cccc(O)c1. The number of carboxylic acids is 1. The molecule has 1 amide bonds. The fraction of sp³-hybridized carbons (Fsp3) is 0.385. The molecule has 0 aliphatic heterocycles. The number of phenols is 1. The molecule has 1 aromatic carbocycles. The lowest BCUT2D eigenvalue weighted by molar-refractivity contribution is -0.140. The van der Waals surface area contributed by atoms with Gasteiger partial charge in [0.05, 0.1) is 17.9 Å². The highest BCUT2D eigenvalue weighted by atomic mass is 16.4. The zero-order valence-corrected chi connectivity index (χ0v) is 9.96. The number of carboxylic acid groups (broad SMARTS) is 1. The van der Waals surface area contributed by atoms with E-state index >= 15 is 0 Å². The van der Waals surface area contributed by atoms with Gasteiger partial charge in [-0.25, -0.2) is 0 Å². The summed E-state index contributed by atoms with van der Waals surface area (Å²) in [5.41, 5.74) is 0.788. The van der Waals surface area contributed by atoms with Gasteiger partial charge in [0.15, 0.2) is 0 Å². The summed E-state index contributed by atoms with van der Waals surface area (Å²) < 4.78 is 0. The monoisotopic (exact) mass is 249 g/mol. The predicted octanol–water partition coefficient (Wildman–Crippen LogP) is 1.29. The quantitative estimate of drug-likeness (QED) is 0.750. The first kappa shape index (κ1) is 12.4. The first-order chi connectivity index (χ1) is 8.49. The molecule has 5 heteroatoms. The van der Waals surface area contributed by atoms with E-state index in [1.165, 1.54) is 0 Å². The van der Waals surface area contributed by atoms with Gasteiger partial charge >= 0.3 is 5.97 Å². The molecule has 3 N–H and O–H groups in total. The van der Waals surface area contributed by atoms with E-state index in [1.54, 1.807) is 31.2 Å². The van der Waals surface area contributed by atoms with Gasteiger partial charge in [-0.05, 0) is 31.0 Å². The summed E-state index contributed by atoms with van der Waals surface area (Å²) in [5, 5.41) is 20.8. The largest absolute Gasteiger partial charge is 0.508 e. The minimum absolute atomic E-state index is 0.142. The van der Waals surface area contributed by atoms with Crippen LogP contribution in [0.15, 0.2) is 24.3 Å². The van der Waals surface area contributed by atoms with Crippen molar-refractivity contribution in [3.8, 4) is 5.75 Å². The maximum Gasteiger partial charge on any atom is 0.307 e. The van der Waals surface area contributed by atoms with Gasteiger partial charge in [0.25, 0.3) is 0 Å². The number of hydrogen-bond acceptors (Lipinski definition) is 3. The highest BCUT2D eigenvalue weighted by molar-refractivity contribution is 5.89. The van der Waals surface area contributed by atoms with Gasteiger partial charge in [0, 0.05) is 0 Å². The first-order valence-electron chi connectivity index (χ1n) is 5.81. The Morgan fingerprint density at radius 1 is 1.39 bits per heavy atom. The lowest BCUT2D eigenvalue weighted by Gasteiger charge is -2.14. The molecule has 5 nitrogen and oxygen atoms in total. The fourth-order valence-corrected chi connectivity index (χ4v) is 1.96. The number of hydrogen-bond donors (Lipinski definition) is 3. The third-order valence-corrected chi connectivity index (χ3v) is 3.17. The Kier molecular flexibility index (Phi) is 3.23. The smallest absolute Gasteiger partial charge is 0.307 e. The lowest BCUT2D eigenvalue weighted by Crippen LogP contribution is -2.29. The topological polar surface area (TPSA) is 86.6 Å².